The molecule has 0 radical (unpaired) electrons. The van der Waals surface area contributed by atoms with E-state index in [1.165, 1.54) is 7.11 Å². The van der Waals surface area contributed by atoms with Gasteiger partial charge in [-0.1, -0.05) is 17.3 Å². The molecule has 0 fully saturated rings. The maximum absolute atomic E-state index is 12.5. The van der Waals surface area contributed by atoms with Gasteiger partial charge >= 0.3 is 0 Å². The van der Waals surface area contributed by atoms with Gasteiger partial charge in [-0.2, -0.15) is 0 Å². The number of nitrogens with zero attached hydrogens (tertiary/aromatic N) is 3. The average molecular weight is 360 g/mol. The van der Waals surface area contributed by atoms with Gasteiger partial charge in [-0.15, -0.1) is 10.2 Å². The van der Waals surface area contributed by atoms with Gasteiger partial charge in [0, 0.05) is 17.3 Å². The van der Waals surface area contributed by atoms with Gasteiger partial charge < -0.3 is 9.26 Å². The van der Waals surface area contributed by atoms with Crippen LogP contribution in [0.15, 0.2) is 45.8 Å². The summed E-state index contributed by atoms with van der Waals surface area (Å²) in [6.45, 7) is 3.14. The molecule has 0 spiro atoms. The Labute approximate surface area is 144 Å². The molecular formula is C16H16N4O4S. The van der Waals surface area contributed by atoms with Crippen molar-refractivity contribution in [1.82, 2.24) is 15.4 Å². The van der Waals surface area contributed by atoms with Gasteiger partial charge in [0.15, 0.2) is 10.7 Å². The van der Waals surface area contributed by atoms with Crippen LogP contribution < -0.4 is 9.46 Å². The van der Waals surface area contributed by atoms with Gasteiger partial charge in [0.25, 0.3) is 10.0 Å². The van der Waals surface area contributed by atoms with Crippen LogP contribution >= 0.6 is 0 Å². The Morgan fingerprint density at radius 1 is 1.04 bits per heavy atom. The summed E-state index contributed by atoms with van der Waals surface area (Å²) in [5.41, 5.74) is 2.19. The minimum absolute atomic E-state index is 0.0533. The topological polar surface area (TPSA) is 107 Å². The van der Waals surface area contributed by atoms with Crippen molar-refractivity contribution >= 4 is 15.7 Å². The molecule has 0 saturated heterocycles. The quantitative estimate of drug-likeness (QED) is 0.745. The van der Waals surface area contributed by atoms with Crippen LogP contribution in [0.2, 0.25) is 0 Å². The van der Waals surface area contributed by atoms with Crippen molar-refractivity contribution in [1.29, 1.82) is 0 Å². The molecule has 9 heteroatoms. The SMILES string of the molecule is COc1ccc(-c2ccc(NS(=O)(=O)c3c(C)noc3C)cc2)nn1. The van der Waals surface area contributed by atoms with Crippen molar-refractivity contribution < 1.29 is 17.7 Å². The molecule has 0 amide bonds. The van der Waals surface area contributed by atoms with Crippen LogP contribution in [-0.4, -0.2) is 30.9 Å². The second kappa shape index (κ2) is 6.52. The number of aromatic nitrogens is 3. The number of aryl methyl sites for hydroxylation is 2. The van der Waals surface area contributed by atoms with Crippen LogP contribution in [0.3, 0.4) is 0 Å². The predicted octanol–water partition coefficient (Wildman–Crippen LogP) is 2.56. The number of rotatable bonds is 5. The number of benzene rings is 1. The molecule has 0 aliphatic rings. The van der Waals surface area contributed by atoms with Crippen LogP contribution in [0.25, 0.3) is 11.3 Å². The number of nitrogens with one attached hydrogen (secondary N) is 1. The summed E-state index contributed by atoms with van der Waals surface area (Å²) < 4.78 is 37.4. The van der Waals surface area contributed by atoms with Crippen LogP contribution in [0.1, 0.15) is 11.5 Å². The van der Waals surface area contributed by atoms with Crippen LogP contribution in [0, 0.1) is 13.8 Å². The summed E-state index contributed by atoms with van der Waals surface area (Å²) in [7, 11) is -2.25. The molecule has 0 unspecified atom stereocenters. The summed E-state index contributed by atoms with van der Waals surface area (Å²) in [5.74, 6) is 0.669. The maximum atomic E-state index is 12.5. The fraction of sp³-hybridized carbons (Fsp3) is 0.188. The molecule has 0 bridgehead atoms. The summed E-state index contributed by atoms with van der Waals surface area (Å²) in [6.07, 6.45) is 0. The molecule has 3 rings (SSSR count). The van der Waals surface area contributed by atoms with Gasteiger partial charge in [-0.25, -0.2) is 8.42 Å². The first-order chi connectivity index (χ1) is 11.9. The van der Waals surface area contributed by atoms with E-state index in [2.05, 4.69) is 20.1 Å². The van der Waals surface area contributed by atoms with E-state index in [9.17, 15) is 8.42 Å². The third-order valence-corrected chi connectivity index (χ3v) is 5.14. The summed E-state index contributed by atoms with van der Waals surface area (Å²) in [4.78, 5) is 0.0533. The lowest BCUT2D eigenvalue weighted by atomic mass is 10.1. The molecule has 0 aliphatic heterocycles. The van der Waals surface area contributed by atoms with Crippen LogP contribution in [0.5, 0.6) is 5.88 Å². The van der Waals surface area contributed by atoms with Gasteiger partial charge in [0.05, 0.1) is 12.8 Å². The van der Waals surface area contributed by atoms with Crippen molar-refractivity contribution in [2.24, 2.45) is 0 Å². The third-order valence-electron chi connectivity index (χ3n) is 3.52. The van der Waals surface area contributed by atoms with Crippen LogP contribution in [0.4, 0.5) is 5.69 Å². The van der Waals surface area contributed by atoms with E-state index in [0.29, 0.717) is 23.0 Å². The van der Waals surface area contributed by atoms with E-state index in [-0.39, 0.29) is 10.7 Å². The number of anilines is 1. The largest absolute Gasteiger partial charge is 0.480 e. The number of sulfonamides is 1. The number of hydrogen-bond donors (Lipinski definition) is 1. The molecule has 0 atom stereocenters. The van der Waals surface area contributed by atoms with Crippen molar-refractivity contribution in [3.05, 3.63) is 47.9 Å². The van der Waals surface area contributed by atoms with E-state index in [1.54, 1.807) is 50.2 Å². The smallest absolute Gasteiger partial charge is 0.267 e. The molecule has 1 N–H and O–H groups in total. The molecule has 8 nitrogen and oxygen atoms in total. The van der Waals surface area contributed by atoms with Gasteiger partial charge in [0.1, 0.15) is 5.69 Å². The van der Waals surface area contributed by atoms with Crippen molar-refractivity contribution in [2.45, 2.75) is 18.7 Å². The number of ether oxygens (including phenoxy) is 1. The highest BCUT2D eigenvalue weighted by atomic mass is 32.2. The number of methoxy groups -OCH3 is 1. The third kappa shape index (κ3) is 3.45. The normalized spacial score (nSPS) is 11.3. The molecule has 2 aromatic heterocycles. The second-order valence-electron chi connectivity index (χ2n) is 5.30. The summed E-state index contributed by atoms with van der Waals surface area (Å²) in [5, 5.41) is 11.6. The molecule has 130 valence electrons. The Kier molecular flexibility index (Phi) is 4.41. The Hall–Kier alpha value is -2.94. The van der Waals surface area contributed by atoms with Crippen molar-refractivity contribution in [2.75, 3.05) is 11.8 Å². The molecule has 25 heavy (non-hydrogen) atoms. The highest BCUT2D eigenvalue weighted by Gasteiger charge is 2.24. The first kappa shape index (κ1) is 16.9. The molecule has 1 aromatic carbocycles. The first-order valence-corrected chi connectivity index (χ1v) is 8.83. The van der Waals surface area contributed by atoms with E-state index >= 15 is 0 Å². The Morgan fingerprint density at radius 3 is 2.28 bits per heavy atom. The highest BCUT2D eigenvalue weighted by Crippen LogP contribution is 2.24. The molecule has 0 aliphatic carbocycles. The molecular weight excluding hydrogens is 344 g/mol. The van der Waals surface area contributed by atoms with Gasteiger partial charge in [-0.3, -0.25) is 4.72 Å². The second-order valence-corrected chi connectivity index (χ2v) is 6.92. The number of hydrogen-bond acceptors (Lipinski definition) is 7. The monoisotopic (exact) mass is 360 g/mol. The lowest BCUT2D eigenvalue weighted by molar-refractivity contribution is 0.390. The Balaban J connectivity index is 1.83. The van der Waals surface area contributed by atoms with E-state index in [0.717, 1.165) is 5.56 Å². The maximum Gasteiger partial charge on any atom is 0.267 e. The summed E-state index contributed by atoms with van der Waals surface area (Å²) >= 11 is 0. The minimum atomic E-state index is -3.77. The fourth-order valence-corrected chi connectivity index (χ4v) is 3.75. The molecule has 0 saturated carbocycles. The van der Waals surface area contributed by atoms with Crippen molar-refractivity contribution in [3.63, 3.8) is 0 Å². The van der Waals surface area contributed by atoms with Gasteiger partial charge in [0.2, 0.25) is 5.88 Å². The molecule has 2 heterocycles. The van der Waals surface area contributed by atoms with Crippen LogP contribution in [-0.2, 0) is 10.0 Å². The van der Waals surface area contributed by atoms with E-state index in [1.807, 2.05) is 0 Å². The molecule has 3 aromatic rings. The Bertz CT molecular complexity index is 960. The Morgan fingerprint density at radius 2 is 1.76 bits per heavy atom. The zero-order chi connectivity index (χ0) is 18.0. The zero-order valence-electron chi connectivity index (χ0n) is 13.8. The standard InChI is InChI=1S/C16H16N4O4S/c1-10-16(11(2)24-19-10)25(21,22)20-13-6-4-12(5-7-13)14-8-9-15(23-3)18-17-14/h4-9,20H,1-3H3. The highest BCUT2D eigenvalue weighted by molar-refractivity contribution is 7.92. The zero-order valence-corrected chi connectivity index (χ0v) is 14.7. The lowest BCUT2D eigenvalue weighted by Gasteiger charge is -2.08. The van der Waals surface area contributed by atoms with E-state index < -0.39 is 10.0 Å². The van der Waals surface area contributed by atoms with Crippen molar-refractivity contribution in [3.8, 4) is 17.1 Å². The van der Waals surface area contributed by atoms with Gasteiger partial charge in [-0.05, 0) is 32.0 Å². The first-order valence-electron chi connectivity index (χ1n) is 7.34. The lowest BCUT2D eigenvalue weighted by Crippen LogP contribution is -2.14. The fourth-order valence-electron chi connectivity index (χ4n) is 2.36. The minimum Gasteiger partial charge on any atom is -0.480 e. The van der Waals surface area contributed by atoms with E-state index in [4.69, 9.17) is 9.26 Å². The summed E-state index contributed by atoms with van der Waals surface area (Å²) in [6, 6.07) is 10.3. The average Bonchev–Trinajstić information content (AvgIpc) is 2.95. The predicted molar refractivity (Wildman–Crippen MR) is 90.8 cm³/mol.